The van der Waals surface area contributed by atoms with Gasteiger partial charge in [0.05, 0.1) is 49.4 Å². The van der Waals surface area contributed by atoms with Crippen LogP contribution in [0.3, 0.4) is 0 Å². The van der Waals surface area contributed by atoms with Crippen LogP contribution >= 0.6 is 35.3 Å². The summed E-state index contributed by atoms with van der Waals surface area (Å²) in [6.07, 6.45) is 0. The Kier molecular flexibility index (Phi) is 16.2. The van der Waals surface area contributed by atoms with Gasteiger partial charge in [0, 0.05) is 34.5 Å². The van der Waals surface area contributed by atoms with Gasteiger partial charge in [0.1, 0.15) is 23.0 Å². The molecule has 37 heavy (non-hydrogen) atoms. The summed E-state index contributed by atoms with van der Waals surface area (Å²) in [4.78, 5) is 4.01. The fourth-order valence-electron chi connectivity index (χ4n) is 3.35. The van der Waals surface area contributed by atoms with E-state index in [4.69, 9.17) is 28.4 Å². The molecule has 2 aromatic rings. The Morgan fingerprint density at radius 3 is 1.08 bits per heavy atom. The van der Waals surface area contributed by atoms with E-state index in [0.717, 1.165) is 67.3 Å². The van der Waals surface area contributed by atoms with Gasteiger partial charge in [-0.15, -0.1) is 23.5 Å². The van der Waals surface area contributed by atoms with E-state index in [0.29, 0.717) is 39.6 Å². The lowest BCUT2D eigenvalue weighted by Crippen LogP contribution is -2.02. The van der Waals surface area contributed by atoms with Crippen molar-refractivity contribution < 1.29 is 28.4 Å². The summed E-state index contributed by atoms with van der Waals surface area (Å²) in [5, 5.41) is 0. The van der Waals surface area contributed by atoms with Gasteiger partial charge in [-0.3, -0.25) is 0 Å². The number of ether oxygens (including phenoxy) is 6. The van der Waals surface area contributed by atoms with Gasteiger partial charge in [-0.2, -0.15) is 0 Å². The molecule has 0 unspecified atom stereocenters. The molecule has 0 N–H and O–H groups in total. The maximum absolute atomic E-state index is 6.12. The van der Waals surface area contributed by atoms with Crippen LogP contribution in [0.2, 0.25) is 0 Å². The SMILES string of the molecule is CCOCCSc1cc(OCC)c(Sc2c(OCC)cc(SCCOCC)cc2OCC)c(OCC)c1. The molecular formula is C28H42O6S3. The van der Waals surface area contributed by atoms with Gasteiger partial charge < -0.3 is 28.4 Å². The maximum atomic E-state index is 6.12. The van der Waals surface area contributed by atoms with Crippen LogP contribution in [0.5, 0.6) is 23.0 Å². The highest BCUT2D eigenvalue weighted by Crippen LogP contribution is 2.51. The summed E-state index contributed by atoms with van der Waals surface area (Å²) < 4.78 is 35.5. The van der Waals surface area contributed by atoms with E-state index in [1.165, 1.54) is 0 Å². The molecule has 0 aliphatic rings. The molecular weight excluding hydrogens is 529 g/mol. The second-order valence-electron chi connectivity index (χ2n) is 7.42. The number of hydrogen-bond acceptors (Lipinski definition) is 9. The third kappa shape index (κ3) is 10.7. The normalized spacial score (nSPS) is 11.0. The van der Waals surface area contributed by atoms with Crippen molar-refractivity contribution in [2.45, 2.75) is 61.1 Å². The largest absolute Gasteiger partial charge is 0.493 e. The van der Waals surface area contributed by atoms with Gasteiger partial charge in [-0.1, -0.05) is 11.8 Å². The molecule has 0 atom stereocenters. The maximum Gasteiger partial charge on any atom is 0.138 e. The van der Waals surface area contributed by atoms with E-state index in [1.54, 1.807) is 35.3 Å². The molecule has 2 rings (SSSR count). The highest BCUT2D eigenvalue weighted by Gasteiger charge is 2.22. The molecule has 0 aliphatic carbocycles. The first-order valence-electron chi connectivity index (χ1n) is 13.1. The highest BCUT2D eigenvalue weighted by atomic mass is 32.2. The number of hydrogen-bond donors (Lipinski definition) is 0. The second-order valence-corrected chi connectivity index (χ2v) is 10.8. The van der Waals surface area contributed by atoms with Gasteiger partial charge in [-0.25, -0.2) is 0 Å². The minimum absolute atomic E-state index is 0.554. The van der Waals surface area contributed by atoms with Gasteiger partial charge in [0.2, 0.25) is 0 Å². The quantitative estimate of drug-likeness (QED) is 0.118. The van der Waals surface area contributed by atoms with E-state index in [9.17, 15) is 0 Å². The molecule has 0 bridgehead atoms. The number of benzene rings is 2. The molecule has 0 fully saturated rings. The predicted octanol–water partition coefficient (Wildman–Crippen LogP) is 7.69. The van der Waals surface area contributed by atoms with E-state index in [1.807, 2.05) is 41.5 Å². The zero-order valence-corrected chi connectivity index (χ0v) is 25.5. The van der Waals surface area contributed by atoms with Crippen molar-refractivity contribution in [2.75, 3.05) is 64.4 Å². The molecule has 0 saturated carbocycles. The van der Waals surface area contributed by atoms with Crippen LogP contribution < -0.4 is 18.9 Å². The van der Waals surface area contributed by atoms with Gasteiger partial charge in [-0.05, 0) is 65.8 Å². The molecule has 0 aliphatic heterocycles. The fourth-order valence-corrected chi connectivity index (χ4v) is 6.06. The van der Waals surface area contributed by atoms with Crippen LogP contribution in [0, 0.1) is 0 Å². The summed E-state index contributed by atoms with van der Waals surface area (Å²) in [5.74, 6) is 4.89. The van der Waals surface area contributed by atoms with Crippen LogP contribution in [-0.4, -0.2) is 64.4 Å². The first kappa shape index (κ1) is 31.8. The number of thioether (sulfide) groups is 2. The zero-order valence-electron chi connectivity index (χ0n) is 23.1. The van der Waals surface area contributed by atoms with E-state index >= 15 is 0 Å². The summed E-state index contributed by atoms with van der Waals surface area (Å²) >= 11 is 5.04. The van der Waals surface area contributed by atoms with Gasteiger partial charge in [0.15, 0.2) is 0 Å². The first-order valence-corrected chi connectivity index (χ1v) is 15.9. The van der Waals surface area contributed by atoms with Gasteiger partial charge >= 0.3 is 0 Å². The Hall–Kier alpha value is -1.39. The summed E-state index contributed by atoms with van der Waals surface area (Å²) in [5.41, 5.74) is 0. The first-order chi connectivity index (χ1) is 18.1. The average molecular weight is 571 g/mol. The lowest BCUT2D eigenvalue weighted by Gasteiger charge is -2.20. The van der Waals surface area contributed by atoms with Gasteiger partial charge in [0.25, 0.3) is 0 Å². The summed E-state index contributed by atoms with van der Waals surface area (Å²) in [6, 6.07) is 8.35. The fraction of sp³-hybridized carbons (Fsp3) is 0.571. The molecule has 0 amide bonds. The summed E-state index contributed by atoms with van der Waals surface area (Å²) in [6.45, 7) is 17.1. The molecule has 2 aromatic carbocycles. The van der Waals surface area contributed by atoms with E-state index in [-0.39, 0.29) is 0 Å². The molecule has 0 aromatic heterocycles. The Morgan fingerprint density at radius 2 is 0.811 bits per heavy atom. The lowest BCUT2D eigenvalue weighted by atomic mass is 10.3. The lowest BCUT2D eigenvalue weighted by molar-refractivity contribution is 0.164. The molecule has 0 saturated heterocycles. The standard InChI is InChI=1S/C28H42O6S3/c1-7-29-13-15-35-21-17-23(31-9-3)27(24(18-21)32-10-4)37-28-25(33-11-5)19-22(20-26(28)34-12-6)36-16-14-30-8-2/h17-20H,7-16H2,1-6H3. The van der Waals surface area contributed by atoms with Crippen molar-refractivity contribution in [3.8, 4) is 23.0 Å². The third-order valence-corrected chi connectivity index (χ3v) is 7.89. The minimum Gasteiger partial charge on any atom is -0.493 e. The second kappa shape index (κ2) is 18.8. The van der Waals surface area contributed by atoms with Crippen LogP contribution in [0.15, 0.2) is 43.8 Å². The highest BCUT2D eigenvalue weighted by molar-refractivity contribution is 8.00. The molecule has 0 heterocycles. The zero-order chi connectivity index (χ0) is 26.9. The van der Waals surface area contributed by atoms with Crippen LogP contribution in [-0.2, 0) is 9.47 Å². The monoisotopic (exact) mass is 570 g/mol. The van der Waals surface area contributed by atoms with Crippen LogP contribution in [0.25, 0.3) is 0 Å². The Morgan fingerprint density at radius 1 is 0.486 bits per heavy atom. The van der Waals surface area contributed by atoms with Crippen molar-refractivity contribution >= 4 is 35.3 Å². The molecule has 9 heteroatoms. The predicted molar refractivity (Wildman–Crippen MR) is 156 cm³/mol. The molecule has 0 spiro atoms. The van der Waals surface area contributed by atoms with Crippen LogP contribution in [0.1, 0.15) is 41.5 Å². The van der Waals surface area contributed by atoms with E-state index in [2.05, 4.69) is 24.3 Å². The Balaban J connectivity index is 2.48. The summed E-state index contributed by atoms with van der Waals surface area (Å²) in [7, 11) is 0. The Bertz CT molecular complexity index is 797. The molecule has 208 valence electrons. The van der Waals surface area contributed by atoms with Crippen molar-refractivity contribution in [1.82, 2.24) is 0 Å². The van der Waals surface area contributed by atoms with E-state index < -0.39 is 0 Å². The van der Waals surface area contributed by atoms with Crippen molar-refractivity contribution in [3.05, 3.63) is 24.3 Å². The number of rotatable bonds is 20. The third-order valence-electron chi connectivity index (χ3n) is 4.79. The molecule has 6 nitrogen and oxygen atoms in total. The topological polar surface area (TPSA) is 55.4 Å². The average Bonchev–Trinajstić information content (AvgIpc) is 2.88. The van der Waals surface area contributed by atoms with Crippen molar-refractivity contribution in [2.24, 2.45) is 0 Å². The van der Waals surface area contributed by atoms with Crippen molar-refractivity contribution in [3.63, 3.8) is 0 Å². The van der Waals surface area contributed by atoms with Crippen molar-refractivity contribution in [1.29, 1.82) is 0 Å². The van der Waals surface area contributed by atoms with Crippen LogP contribution in [0.4, 0.5) is 0 Å². The molecule has 0 radical (unpaired) electrons. The Labute approximate surface area is 235 Å². The minimum atomic E-state index is 0.554. The smallest absolute Gasteiger partial charge is 0.138 e.